The summed E-state index contributed by atoms with van der Waals surface area (Å²) in [4.78, 5) is 24.4. The van der Waals surface area contributed by atoms with Crippen molar-refractivity contribution in [3.63, 3.8) is 0 Å². The van der Waals surface area contributed by atoms with Gasteiger partial charge in [-0.05, 0) is 24.2 Å². The fourth-order valence-corrected chi connectivity index (χ4v) is 2.66. The minimum Gasteiger partial charge on any atom is -0.480 e. The van der Waals surface area contributed by atoms with E-state index in [1.807, 2.05) is 13.8 Å². The number of urea groups is 1. The molecular formula is C14H26N2O3. The smallest absolute Gasteiger partial charge is 0.323 e. The lowest BCUT2D eigenvalue weighted by Crippen LogP contribution is -2.50. The quantitative estimate of drug-likeness (QED) is 0.805. The summed E-state index contributed by atoms with van der Waals surface area (Å²) in [5.74, 6) is -0.719. The second kappa shape index (κ2) is 6.26. The van der Waals surface area contributed by atoms with Crippen LogP contribution >= 0.6 is 0 Å². The van der Waals surface area contributed by atoms with Crippen LogP contribution in [-0.2, 0) is 4.79 Å². The highest BCUT2D eigenvalue weighted by Crippen LogP contribution is 2.37. The predicted octanol–water partition coefficient (Wildman–Crippen LogP) is 2.32. The van der Waals surface area contributed by atoms with Crippen molar-refractivity contribution in [2.24, 2.45) is 11.3 Å². The topological polar surface area (TPSA) is 69.6 Å². The van der Waals surface area contributed by atoms with Gasteiger partial charge >= 0.3 is 12.0 Å². The molecule has 0 bridgehead atoms. The van der Waals surface area contributed by atoms with E-state index in [-0.39, 0.29) is 30.0 Å². The number of aliphatic carboxylic acids is 1. The number of nitrogens with one attached hydrogen (secondary N) is 1. The Morgan fingerprint density at radius 1 is 1.42 bits per heavy atom. The molecule has 1 aliphatic carbocycles. The third kappa shape index (κ3) is 4.73. The minimum absolute atomic E-state index is 0.0996. The lowest BCUT2D eigenvalue weighted by atomic mass is 9.87. The van der Waals surface area contributed by atoms with Gasteiger partial charge in [-0.3, -0.25) is 4.79 Å². The van der Waals surface area contributed by atoms with Gasteiger partial charge in [0.15, 0.2) is 0 Å². The second-order valence-corrected chi connectivity index (χ2v) is 6.55. The van der Waals surface area contributed by atoms with Gasteiger partial charge in [-0.1, -0.05) is 34.1 Å². The van der Waals surface area contributed by atoms with Crippen LogP contribution in [0, 0.1) is 11.3 Å². The predicted molar refractivity (Wildman–Crippen MR) is 74.0 cm³/mol. The van der Waals surface area contributed by atoms with E-state index in [4.69, 9.17) is 5.11 Å². The molecule has 0 radical (unpaired) electrons. The van der Waals surface area contributed by atoms with E-state index >= 15 is 0 Å². The van der Waals surface area contributed by atoms with Crippen molar-refractivity contribution in [1.29, 1.82) is 0 Å². The molecule has 1 aliphatic rings. The van der Waals surface area contributed by atoms with Crippen molar-refractivity contribution in [3.8, 4) is 0 Å². The number of carbonyl (C=O) groups is 2. The summed E-state index contributed by atoms with van der Waals surface area (Å²) in [6.07, 6.45) is 3.18. The van der Waals surface area contributed by atoms with Crippen LogP contribution in [0.2, 0.25) is 0 Å². The SMILES string of the molecule is CC(C)CN(CC(=O)O)C(=O)NC1CCCC1(C)C. The molecule has 19 heavy (non-hydrogen) atoms. The zero-order valence-corrected chi connectivity index (χ0v) is 12.4. The minimum atomic E-state index is -0.971. The van der Waals surface area contributed by atoms with Crippen LogP contribution in [0.25, 0.3) is 0 Å². The van der Waals surface area contributed by atoms with E-state index in [1.54, 1.807) is 0 Å². The molecule has 0 heterocycles. The number of hydrogen-bond donors (Lipinski definition) is 2. The first-order valence-electron chi connectivity index (χ1n) is 6.99. The summed E-state index contributed by atoms with van der Waals surface area (Å²) in [6, 6.07) is -0.112. The van der Waals surface area contributed by atoms with E-state index in [9.17, 15) is 9.59 Å². The van der Waals surface area contributed by atoms with Gasteiger partial charge in [0.1, 0.15) is 6.54 Å². The molecule has 1 saturated carbocycles. The molecule has 5 nitrogen and oxygen atoms in total. The molecule has 1 rings (SSSR count). The first-order valence-corrected chi connectivity index (χ1v) is 6.99. The third-order valence-corrected chi connectivity index (χ3v) is 3.75. The Balaban J connectivity index is 2.63. The fourth-order valence-electron chi connectivity index (χ4n) is 2.66. The summed E-state index contributed by atoms with van der Waals surface area (Å²) in [6.45, 7) is 8.47. The van der Waals surface area contributed by atoms with Crippen LogP contribution in [0.5, 0.6) is 0 Å². The molecule has 1 atom stereocenters. The number of hydrogen-bond acceptors (Lipinski definition) is 2. The number of nitrogens with zero attached hydrogens (tertiary/aromatic N) is 1. The van der Waals surface area contributed by atoms with Crippen molar-refractivity contribution in [1.82, 2.24) is 10.2 Å². The standard InChI is InChI=1S/C14H26N2O3/c1-10(2)8-16(9-12(17)18)13(19)15-11-6-5-7-14(11,3)4/h10-11H,5-9H2,1-4H3,(H,15,19)(H,17,18). The number of rotatable bonds is 5. The maximum Gasteiger partial charge on any atom is 0.323 e. The molecule has 0 aromatic heterocycles. The van der Waals surface area contributed by atoms with E-state index in [2.05, 4.69) is 19.2 Å². The fraction of sp³-hybridized carbons (Fsp3) is 0.857. The zero-order valence-electron chi connectivity index (χ0n) is 12.4. The van der Waals surface area contributed by atoms with E-state index in [0.29, 0.717) is 6.54 Å². The Hall–Kier alpha value is -1.26. The van der Waals surface area contributed by atoms with Crippen molar-refractivity contribution in [2.75, 3.05) is 13.1 Å². The molecule has 5 heteroatoms. The normalized spacial score (nSPS) is 21.4. The third-order valence-electron chi connectivity index (χ3n) is 3.75. The van der Waals surface area contributed by atoms with Gasteiger partial charge in [-0.25, -0.2) is 4.79 Å². The van der Waals surface area contributed by atoms with Gasteiger partial charge in [0.05, 0.1) is 0 Å². The molecule has 2 N–H and O–H groups in total. The summed E-state index contributed by atoms with van der Waals surface area (Å²) in [5, 5.41) is 11.9. The van der Waals surface area contributed by atoms with Crippen molar-refractivity contribution in [3.05, 3.63) is 0 Å². The van der Waals surface area contributed by atoms with Gasteiger partial charge in [-0.2, -0.15) is 0 Å². The molecule has 0 spiro atoms. The second-order valence-electron chi connectivity index (χ2n) is 6.55. The Kier molecular flexibility index (Phi) is 5.20. The number of carbonyl (C=O) groups excluding carboxylic acids is 1. The average Bonchev–Trinajstić information content (AvgIpc) is 2.56. The van der Waals surface area contributed by atoms with Crippen molar-refractivity contribution in [2.45, 2.75) is 53.0 Å². The summed E-state index contributed by atoms with van der Waals surface area (Å²) >= 11 is 0. The van der Waals surface area contributed by atoms with Crippen LogP contribution in [0.1, 0.15) is 47.0 Å². The maximum absolute atomic E-state index is 12.2. The van der Waals surface area contributed by atoms with Crippen LogP contribution in [0.4, 0.5) is 4.79 Å². The highest BCUT2D eigenvalue weighted by molar-refractivity contribution is 5.80. The van der Waals surface area contributed by atoms with Crippen LogP contribution in [-0.4, -0.2) is 41.1 Å². The lowest BCUT2D eigenvalue weighted by molar-refractivity contribution is -0.137. The lowest BCUT2D eigenvalue weighted by Gasteiger charge is -2.31. The van der Waals surface area contributed by atoms with E-state index in [1.165, 1.54) is 4.90 Å². The van der Waals surface area contributed by atoms with Gasteiger partial charge in [0.2, 0.25) is 0 Å². The number of amides is 2. The molecule has 2 amide bonds. The highest BCUT2D eigenvalue weighted by atomic mass is 16.4. The molecule has 110 valence electrons. The Bertz CT molecular complexity index is 340. The maximum atomic E-state index is 12.2. The van der Waals surface area contributed by atoms with Crippen LogP contribution in [0.15, 0.2) is 0 Å². The molecule has 0 aliphatic heterocycles. The van der Waals surface area contributed by atoms with Gasteiger partial charge in [-0.15, -0.1) is 0 Å². The molecular weight excluding hydrogens is 244 g/mol. The Morgan fingerprint density at radius 3 is 2.47 bits per heavy atom. The number of carboxylic acids is 1. The van der Waals surface area contributed by atoms with Crippen molar-refractivity contribution < 1.29 is 14.7 Å². The Morgan fingerprint density at radius 2 is 2.05 bits per heavy atom. The zero-order chi connectivity index (χ0) is 14.6. The van der Waals surface area contributed by atoms with E-state index < -0.39 is 5.97 Å². The van der Waals surface area contributed by atoms with Crippen LogP contribution in [0.3, 0.4) is 0 Å². The summed E-state index contributed by atoms with van der Waals surface area (Å²) in [5.41, 5.74) is 0.0996. The average molecular weight is 270 g/mol. The largest absolute Gasteiger partial charge is 0.480 e. The molecule has 1 fully saturated rings. The Labute approximate surface area is 115 Å². The first kappa shape index (κ1) is 15.8. The summed E-state index contributed by atoms with van der Waals surface area (Å²) < 4.78 is 0. The molecule has 0 aromatic carbocycles. The molecule has 1 unspecified atom stereocenters. The van der Waals surface area contributed by atoms with Crippen molar-refractivity contribution >= 4 is 12.0 Å². The summed E-state index contributed by atoms with van der Waals surface area (Å²) in [7, 11) is 0. The van der Waals surface area contributed by atoms with Gasteiger partial charge < -0.3 is 15.3 Å². The first-order chi connectivity index (χ1) is 8.72. The van der Waals surface area contributed by atoms with Gasteiger partial charge in [0, 0.05) is 12.6 Å². The molecule has 0 saturated heterocycles. The van der Waals surface area contributed by atoms with Gasteiger partial charge in [0.25, 0.3) is 0 Å². The molecule has 0 aromatic rings. The monoisotopic (exact) mass is 270 g/mol. The van der Waals surface area contributed by atoms with E-state index in [0.717, 1.165) is 19.3 Å². The van der Waals surface area contributed by atoms with Crippen LogP contribution < -0.4 is 5.32 Å². The number of carboxylic acid groups (broad SMARTS) is 1. The highest BCUT2D eigenvalue weighted by Gasteiger charge is 2.36.